The molecule has 10 heteroatoms. The molecule has 1 saturated carbocycles. The summed E-state index contributed by atoms with van der Waals surface area (Å²) < 4.78 is 18.7. The third-order valence-corrected chi connectivity index (χ3v) is 6.07. The van der Waals surface area contributed by atoms with E-state index >= 15 is 0 Å². The zero-order chi connectivity index (χ0) is 23.4. The van der Waals surface area contributed by atoms with Gasteiger partial charge >= 0.3 is 23.8 Å². The molecular weight excluding hydrogens is 451 g/mol. The molecule has 2 aromatic carbocycles. The monoisotopic (exact) mass is 472 g/mol. The van der Waals surface area contributed by atoms with Crippen LogP contribution in [0.4, 0.5) is 21.8 Å². The summed E-state index contributed by atoms with van der Waals surface area (Å²) in [7, 11) is 0. The van der Waals surface area contributed by atoms with E-state index in [0.717, 1.165) is 31.2 Å². The molecule has 3 aromatic rings. The molecule has 33 heavy (non-hydrogen) atoms. The van der Waals surface area contributed by atoms with Crippen LogP contribution in [0.3, 0.4) is 0 Å². The Balaban J connectivity index is 1.33. The maximum atomic E-state index is 13.4. The number of carbonyl (C=O) groups excluding carboxylic acids is 1. The van der Waals surface area contributed by atoms with Gasteiger partial charge in [0.2, 0.25) is 0 Å². The number of aliphatic carboxylic acids is 1. The molecule has 0 aliphatic heterocycles. The summed E-state index contributed by atoms with van der Waals surface area (Å²) in [5, 5.41) is 22.0. The van der Waals surface area contributed by atoms with E-state index < -0.39 is 17.7 Å². The standard InChI is InChI=1S/C23H22ClFN4O4/c24-18-10-7-16(25)12-19(18)27-23-29-28-22(33-23)21(32)26-17-8-5-15(6-9-17)14-3-1-13(2-4-14)11-20(30)31/h5-10,12-14H,1-4,11H2,(H,26,32)(H,27,29)(H,30,31). The number of carbonyl (C=O) groups is 2. The van der Waals surface area contributed by atoms with E-state index in [4.69, 9.17) is 21.1 Å². The number of anilines is 3. The Morgan fingerprint density at radius 2 is 1.82 bits per heavy atom. The maximum Gasteiger partial charge on any atom is 0.320 e. The number of nitrogens with one attached hydrogen (secondary N) is 2. The van der Waals surface area contributed by atoms with E-state index in [9.17, 15) is 14.0 Å². The first-order valence-electron chi connectivity index (χ1n) is 10.6. The molecule has 0 radical (unpaired) electrons. The van der Waals surface area contributed by atoms with Gasteiger partial charge in [0.15, 0.2) is 0 Å². The smallest absolute Gasteiger partial charge is 0.320 e. The number of halogens is 2. The van der Waals surface area contributed by atoms with Crippen LogP contribution in [0.5, 0.6) is 0 Å². The lowest BCUT2D eigenvalue weighted by Crippen LogP contribution is -2.16. The molecule has 4 rings (SSSR count). The van der Waals surface area contributed by atoms with Crippen molar-refractivity contribution < 1.29 is 23.5 Å². The number of nitrogens with zero attached hydrogens (tertiary/aromatic N) is 2. The Morgan fingerprint density at radius 3 is 2.52 bits per heavy atom. The molecular formula is C23H22ClFN4O4. The number of carboxylic acids is 1. The predicted molar refractivity (Wildman–Crippen MR) is 120 cm³/mol. The Bertz CT molecular complexity index is 1140. The summed E-state index contributed by atoms with van der Waals surface area (Å²) >= 11 is 6.00. The van der Waals surface area contributed by atoms with Crippen LogP contribution in [0.2, 0.25) is 5.02 Å². The van der Waals surface area contributed by atoms with Gasteiger partial charge in [-0.2, -0.15) is 0 Å². The van der Waals surface area contributed by atoms with E-state index in [-0.39, 0.29) is 35.0 Å². The second-order valence-electron chi connectivity index (χ2n) is 8.05. The summed E-state index contributed by atoms with van der Waals surface area (Å²) in [5.41, 5.74) is 1.97. The minimum Gasteiger partial charge on any atom is -0.481 e. The fourth-order valence-electron chi connectivity index (χ4n) is 4.04. The van der Waals surface area contributed by atoms with Crippen molar-refractivity contribution in [3.05, 3.63) is 64.8 Å². The van der Waals surface area contributed by atoms with Gasteiger partial charge in [0.1, 0.15) is 5.82 Å². The number of amides is 1. The molecule has 0 spiro atoms. The van der Waals surface area contributed by atoms with Crippen molar-refractivity contribution in [1.82, 2.24) is 10.2 Å². The third kappa shape index (κ3) is 5.87. The average Bonchev–Trinajstić information content (AvgIpc) is 3.26. The van der Waals surface area contributed by atoms with E-state index in [1.54, 1.807) is 12.1 Å². The molecule has 0 bridgehead atoms. The van der Waals surface area contributed by atoms with Crippen LogP contribution in [0.25, 0.3) is 0 Å². The first-order chi connectivity index (χ1) is 15.9. The van der Waals surface area contributed by atoms with Crippen LogP contribution in [0.15, 0.2) is 46.9 Å². The highest BCUT2D eigenvalue weighted by molar-refractivity contribution is 6.33. The van der Waals surface area contributed by atoms with Gasteiger partial charge in [0, 0.05) is 12.1 Å². The Morgan fingerprint density at radius 1 is 1.09 bits per heavy atom. The van der Waals surface area contributed by atoms with Crippen molar-refractivity contribution in [2.75, 3.05) is 10.6 Å². The quantitative estimate of drug-likeness (QED) is 0.409. The molecule has 0 unspecified atom stereocenters. The van der Waals surface area contributed by atoms with Crippen LogP contribution in [0.1, 0.15) is 54.3 Å². The van der Waals surface area contributed by atoms with E-state index in [0.29, 0.717) is 11.6 Å². The molecule has 1 amide bonds. The minimum atomic E-state index is -0.736. The summed E-state index contributed by atoms with van der Waals surface area (Å²) in [6.07, 6.45) is 3.96. The number of carboxylic acid groups (broad SMARTS) is 1. The Hall–Kier alpha value is -3.46. The van der Waals surface area contributed by atoms with Crippen molar-refractivity contribution in [2.45, 2.75) is 38.0 Å². The van der Waals surface area contributed by atoms with Crippen LogP contribution >= 0.6 is 11.6 Å². The number of rotatable bonds is 7. The van der Waals surface area contributed by atoms with E-state index in [1.807, 2.05) is 12.1 Å². The normalized spacial score (nSPS) is 18.0. The number of aromatic nitrogens is 2. The second kappa shape index (κ2) is 9.99. The summed E-state index contributed by atoms with van der Waals surface area (Å²) in [6.45, 7) is 0. The van der Waals surface area contributed by atoms with Gasteiger partial charge < -0.3 is 20.2 Å². The maximum absolute atomic E-state index is 13.4. The van der Waals surface area contributed by atoms with Crippen LogP contribution in [-0.4, -0.2) is 27.2 Å². The van der Waals surface area contributed by atoms with Gasteiger partial charge in [-0.05, 0) is 73.4 Å². The van der Waals surface area contributed by atoms with Crippen LogP contribution in [-0.2, 0) is 4.79 Å². The molecule has 0 atom stereocenters. The Kier molecular flexibility index (Phi) is 6.88. The molecule has 1 heterocycles. The fourth-order valence-corrected chi connectivity index (χ4v) is 4.21. The highest BCUT2D eigenvalue weighted by Crippen LogP contribution is 2.37. The molecule has 1 fully saturated rings. The van der Waals surface area contributed by atoms with Gasteiger partial charge in [0.25, 0.3) is 0 Å². The first kappa shape index (κ1) is 22.7. The van der Waals surface area contributed by atoms with Gasteiger partial charge in [-0.15, -0.1) is 5.10 Å². The lowest BCUT2D eigenvalue weighted by atomic mass is 9.77. The molecule has 8 nitrogen and oxygen atoms in total. The van der Waals surface area contributed by atoms with Crippen LogP contribution < -0.4 is 10.6 Å². The van der Waals surface area contributed by atoms with Gasteiger partial charge in [-0.25, -0.2) is 4.39 Å². The van der Waals surface area contributed by atoms with Crippen molar-refractivity contribution in [1.29, 1.82) is 0 Å². The molecule has 172 valence electrons. The highest BCUT2D eigenvalue weighted by atomic mass is 35.5. The van der Waals surface area contributed by atoms with Crippen molar-refractivity contribution in [2.24, 2.45) is 5.92 Å². The molecule has 0 saturated heterocycles. The van der Waals surface area contributed by atoms with Gasteiger partial charge in [0.05, 0.1) is 10.7 Å². The second-order valence-corrected chi connectivity index (χ2v) is 8.46. The molecule has 1 aliphatic carbocycles. The van der Waals surface area contributed by atoms with Crippen molar-refractivity contribution in [3.63, 3.8) is 0 Å². The number of hydrogen-bond acceptors (Lipinski definition) is 6. The molecule has 1 aliphatic rings. The van der Waals surface area contributed by atoms with E-state index in [1.165, 1.54) is 18.2 Å². The molecule has 3 N–H and O–H groups in total. The van der Waals surface area contributed by atoms with Crippen molar-refractivity contribution in [3.8, 4) is 0 Å². The zero-order valence-electron chi connectivity index (χ0n) is 17.6. The minimum absolute atomic E-state index is 0.0958. The van der Waals surface area contributed by atoms with Gasteiger partial charge in [-0.1, -0.05) is 28.8 Å². The lowest BCUT2D eigenvalue weighted by Gasteiger charge is -2.28. The van der Waals surface area contributed by atoms with E-state index in [2.05, 4.69) is 20.8 Å². The summed E-state index contributed by atoms with van der Waals surface area (Å²) in [4.78, 5) is 23.3. The topological polar surface area (TPSA) is 117 Å². The number of benzene rings is 2. The van der Waals surface area contributed by atoms with Crippen LogP contribution in [0, 0.1) is 11.7 Å². The summed E-state index contributed by atoms with van der Waals surface area (Å²) in [6, 6.07) is 11.2. The fraction of sp³-hybridized carbons (Fsp3) is 0.304. The third-order valence-electron chi connectivity index (χ3n) is 5.74. The zero-order valence-corrected chi connectivity index (χ0v) is 18.3. The Labute approximate surface area is 194 Å². The highest BCUT2D eigenvalue weighted by Gasteiger charge is 2.24. The summed E-state index contributed by atoms with van der Waals surface area (Å²) in [5.74, 6) is -1.42. The molecule has 1 aromatic heterocycles. The first-order valence-corrected chi connectivity index (χ1v) is 10.9. The average molecular weight is 473 g/mol. The lowest BCUT2D eigenvalue weighted by molar-refractivity contribution is -0.138. The number of hydrogen-bond donors (Lipinski definition) is 3. The van der Waals surface area contributed by atoms with Crippen molar-refractivity contribution >= 4 is 40.9 Å². The SMILES string of the molecule is O=C(O)CC1CCC(c2ccc(NC(=O)c3nnc(Nc4cc(F)ccc4Cl)o3)cc2)CC1. The predicted octanol–water partition coefficient (Wildman–Crippen LogP) is 5.61. The largest absolute Gasteiger partial charge is 0.481 e. The van der Waals surface area contributed by atoms with Gasteiger partial charge in [-0.3, -0.25) is 9.59 Å².